The maximum atomic E-state index is 12.0. The van der Waals surface area contributed by atoms with Gasteiger partial charge in [0.05, 0.1) is 4.92 Å². The number of amides is 1. The molecule has 0 atom stereocenters. The molecule has 0 radical (unpaired) electrons. The van der Waals surface area contributed by atoms with Crippen molar-refractivity contribution >= 4 is 27.5 Å². The highest BCUT2D eigenvalue weighted by Crippen LogP contribution is 2.21. The fraction of sp³-hybridized carbons (Fsp3) is 0.500. The van der Waals surface area contributed by atoms with Crippen molar-refractivity contribution in [2.45, 2.75) is 27.2 Å². The summed E-state index contributed by atoms with van der Waals surface area (Å²) in [6, 6.07) is 4.40. The predicted molar refractivity (Wildman–Crippen MR) is 82.4 cm³/mol. The van der Waals surface area contributed by atoms with Gasteiger partial charge in [0.2, 0.25) is 0 Å². The Hall–Kier alpha value is -1.43. The highest BCUT2D eigenvalue weighted by atomic mass is 79.9. The molecule has 0 heterocycles. The van der Waals surface area contributed by atoms with Crippen molar-refractivity contribution in [3.05, 3.63) is 39.4 Å². The predicted octanol–water partition coefficient (Wildman–Crippen LogP) is 3.44. The second kappa shape index (κ2) is 6.83. The molecule has 0 saturated carbocycles. The van der Waals surface area contributed by atoms with Gasteiger partial charge in [-0.2, -0.15) is 0 Å². The normalized spacial score (nSPS) is 11.2. The lowest BCUT2D eigenvalue weighted by molar-refractivity contribution is -0.385. The number of carbonyl (C=O) groups excluding carboxylic acids is 1. The van der Waals surface area contributed by atoms with Crippen molar-refractivity contribution in [3.63, 3.8) is 0 Å². The van der Waals surface area contributed by atoms with Gasteiger partial charge in [-0.3, -0.25) is 14.9 Å². The maximum absolute atomic E-state index is 12.0. The van der Waals surface area contributed by atoms with Gasteiger partial charge in [-0.05, 0) is 30.9 Å². The smallest absolute Gasteiger partial charge is 0.272 e. The molecule has 1 aromatic rings. The molecule has 1 aromatic carbocycles. The van der Waals surface area contributed by atoms with Gasteiger partial charge in [0.15, 0.2) is 0 Å². The zero-order valence-corrected chi connectivity index (χ0v) is 13.5. The summed E-state index contributed by atoms with van der Waals surface area (Å²) in [6.45, 7) is 6.35. The topological polar surface area (TPSA) is 72.2 Å². The third-order valence-electron chi connectivity index (χ3n) is 3.15. The molecule has 5 nitrogen and oxygen atoms in total. The first-order chi connectivity index (χ1) is 9.26. The van der Waals surface area contributed by atoms with Crippen molar-refractivity contribution in [3.8, 4) is 0 Å². The monoisotopic (exact) mass is 342 g/mol. The van der Waals surface area contributed by atoms with Crippen LogP contribution in [-0.4, -0.2) is 22.7 Å². The van der Waals surface area contributed by atoms with Crippen LogP contribution in [-0.2, 0) is 0 Å². The van der Waals surface area contributed by atoms with E-state index in [4.69, 9.17) is 0 Å². The van der Waals surface area contributed by atoms with Crippen molar-refractivity contribution in [1.82, 2.24) is 5.32 Å². The van der Waals surface area contributed by atoms with Gasteiger partial charge < -0.3 is 5.32 Å². The van der Waals surface area contributed by atoms with Crippen molar-refractivity contribution in [2.75, 3.05) is 11.9 Å². The van der Waals surface area contributed by atoms with Gasteiger partial charge in [-0.1, -0.05) is 29.8 Å². The van der Waals surface area contributed by atoms with E-state index in [1.54, 1.807) is 13.0 Å². The van der Waals surface area contributed by atoms with E-state index in [0.717, 1.165) is 11.8 Å². The third-order valence-corrected chi connectivity index (χ3v) is 3.55. The van der Waals surface area contributed by atoms with Crippen molar-refractivity contribution in [2.24, 2.45) is 5.41 Å². The van der Waals surface area contributed by atoms with Crippen LogP contribution in [0.4, 0.5) is 5.69 Å². The molecule has 0 bridgehead atoms. The number of rotatable bonds is 6. The summed E-state index contributed by atoms with van der Waals surface area (Å²) in [5.41, 5.74) is 0.973. The van der Waals surface area contributed by atoms with Crippen molar-refractivity contribution in [1.29, 1.82) is 0 Å². The van der Waals surface area contributed by atoms with Crippen LogP contribution in [0.1, 0.15) is 36.2 Å². The van der Waals surface area contributed by atoms with E-state index in [-0.39, 0.29) is 17.0 Å². The lowest BCUT2D eigenvalue weighted by Crippen LogP contribution is -2.34. The van der Waals surface area contributed by atoms with E-state index in [0.29, 0.717) is 17.7 Å². The minimum absolute atomic E-state index is 0.00891. The van der Waals surface area contributed by atoms with Crippen LogP contribution in [0.5, 0.6) is 0 Å². The van der Waals surface area contributed by atoms with E-state index >= 15 is 0 Å². The highest BCUT2D eigenvalue weighted by molar-refractivity contribution is 9.09. The molecule has 0 fully saturated rings. The summed E-state index contributed by atoms with van der Waals surface area (Å²) < 4.78 is 0. The minimum atomic E-state index is -0.448. The number of nitrogens with one attached hydrogen (secondary N) is 1. The molecule has 0 unspecified atom stereocenters. The van der Waals surface area contributed by atoms with Gasteiger partial charge >= 0.3 is 0 Å². The molecule has 20 heavy (non-hydrogen) atoms. The van der Waals surface area contributed by atoms with Crippen LogP contribution in [0.15, 0.2) is 18.2 Å². The van der Waals surface area contributed by atoms with Gasteiger partial charge in [0, 0.05) is 29.1 Å². The molecule has 0 spiro atoms. The van der Waals surface area contributed by atoms with E-state index < -0.39 is 4.92 Å². The molecule has 0 saturated heterocycles. The molecule has 0 aliphatic rings. The summed E-state index contributed by atoms with van der Waals surface area (Å²) in [6.07, 6.45) is 0.951. The number of carbonyl (C=O) groups is 1. The molecule has 110 valence electrons. The van der Waals surface area contributed by atoms with E-state index in [1.807, 2.05) is 0 Å². The van der Waals surface area contributed by atoms with Crippen LogP contribution in [0.3, 0.4) is 0 Å². The standard InChI is InChI=1S/C14H19BrN2O3/c1-10-8-11(4-5-12(10)17(19)20)13(18)16-9-14(2,3)6-7-15/h4-5,8H,6-7,9H2,1-3H3,(H,16,18). The lowest BCUT2D eigenvalue weighted by atomic mass is 9.90. The SMILES string of the molecule is Cc1cc(C(=O)NCC(C)(C)CCBr)ccc1[N+](=O)[O-]. The third kappa shape index (κ3) is 4.59. The molecule has 1 amide bonds. The van der Waals surface area contributed by atoms with Crippen LogP contribution < -0.4 is 5.32 Å². The molecule has 6 heteroatoms. The van der Waals surface area contributed by atoms with Crippen LogP contribution in [0.25, 0.3) is 0 Å². The number of nitrogens with zero attached hydrogens (tertiary/aromatic N) is 1. The summed E-state index contributed by atoms with van der Waals surface area (Å²) in [5, 5.41) is 14.5. The van der Waals surface area contributed by atoms with Crippen LogP contribution >= 0.6 is 15.9 Å². The first kappa shape index (κ1) is 16.6. The Bertz CT molecular complexity index is 515. The highest BCUT2D eigenvalue weighted by Gasteiger charge is 2.19. The zero-order chi connectivity index (χ0) is 15.3. The maximum Gasteiger partial charge on any atom is 0.272 e. The molecule has 0 aliphatic heterocycles. The second-order valence-electron chi connectivity index (χ2n) is 5.54. The number of nitro groups is 1. The van der Waals surface area contributed by atoms with Crippen LogP contribution in [0, 0.1) is 22.5 Å². The average molecular weight is 343 g/mol. The number of hydrogen-bond acceptors (Lipinski definition) is 3. The summed E-state index contributed by atoms with van der Waals surface area (Å²) >= 11 is 3.39. The Balaban J connectivity index is 2.74. The first-order valence-electron chi connectivity index (χ1n) is 6.36. The van der Waals surface area contributed by atoms with Crippen LogP contribution in [0.2, 0.25) is 0 Å². The van der Waals surface area contributed by atoms with Gasteiger partial charge in [0.25, 0.3) is 11.6 Å². The fourth-order valence-corrected chi connectivity index (χ4v) is 2.84. The Morgan fingerprint density at radius 3 is 2.60 bits per heavy atom. The molecular formula is C14H19BrN2O3. The number of alkyl halides is 1. The van der Waals surface area contributed by atoms with E-state index in [9.17, 15) is 14.9 Å². The summed E-state index contributed by atoms with van der Waals surface area (Å²) in [7, 11) is 0. The summed E-state index contributed by atoms with van der Waals surface area (Å²) in [4.78, 5) is 22.3. The molecule has 1 rings (SSSR count). The number of hydrogen-bond donors (Lipinski definition) is 1. The Morgan fingerprint density at radius 2 is 2.10 bits per heavy atom. The first-order valence-corrected chi connectivity index (χ1v) is 7.48. The molecular weight excluding hydrogens is 324 g/mol. The molecule has 0 aliphatic carbocycles. The minimum Gasteiger partial charge on any atom is -0.352 e. The Kier molecular flexibility index (Phi) is 5.68. The number of nitro benzene ring substituents is 1. The largest absolute Gasteiger partial charge is 0.352 e. The molecule has 0 aromatic heterocycles. The van der Waals surface area contributed by atoms with Gasteiger partial charge in [-0.25, -0.2) is 0 Å². The quantitative estimate of drug-likeness (QED) is 0.489. The van der Waals surface area contributed by atoms with Gasteiger partial charge in [0.1, 0.15) is 0 Å². The zero-order valence-electron chi connectivity index (χ0n) is 11.9. The number of benzene rings is 1. The average Bonchev–Trinajstić information content (AvgIpc) is 2.35. The number of aryl methyl sites for hydroxylation is 1. The molecule has 1 N–H and O–H groups in total. The Morgan fingerprint density at radius 1 is 1.45 bits per heavy atom. The van der Waals surface area contributed by atoms with E-state index in [1.165, 1.54) is 12.1 Å². The van der Waals surface area contributed by atoms with E-state index in [2.05, 4.69) is 35.1 Å². The van der Waals surface area contributed by atoms with Gasteiger partial charge in [-0.15, -0.1) is 0 Å². The van der Waals surface area contributed by atoms with Crippen molar-refractivity contribution < 1.29 is 9.72 Å². The lowest BCUT2D eigenvalue weighted by Gasteiger charge is -2.23. The number of halogens is 1. The summed E-state index contributed by atoms with van der Waals surface area (Å²) in [5.74, 6) is -0.203. The second-order valence-corrected chi connectivity index (χ2v) is 6.34. The Labute approximate surface area is 127 Å². The fourth-order valence-electron chi connectivity index (χ4n) is 1.77.